The third kappa shape index (κ3) is 6.36. The molecule has 1 N–H and O–H groups in total. The van der Waals surface area contributed by atoms with Crippen LogP contribution in [0.25, 0.3) is 0 Å². The van der Waals surface area contributed by atoms with E-state index in [1.165, 1.54) is 13.5 Å². The number of carbonyl (C=O) groups excluding carboxylic acids is 1. The van der Waals surface area contributed by atoms with Crippen molar-refractivity contribution in [2.75, 3.05) is 33.8 Å². The Morgan fingerprint density at radius 2 is 2.00 bits per heavy atom. The summed E-state index contributed by atoms with van der Waals surface area (Å²) in [5, 5.41) is 3.23. The van der Waals surface area contributed by atoms with Crippen LogP contribution in [0, 0.1) is 5.92 Å². The Morgan fingerprint density at radius 3 is 2.44 bits per heavy atom. The molecule has 0 heterocycles. The zero-order valence-corrected chi connectivity index (χ0v) is 12.9. The van der Waals surface area contributed by atoms with E-state index in [1.54, 1.807) is 0 Å². The van der Waals surface area contributed by atoms with Crippen molar-refractivity contribution in [3.63, 3.8) is 0 Å². The summed E-state index contributed by atoms with van der Waals surface area (Å²) in [5.74, 6) is 0.537. The van der Waals surface area contributed by atoms with Crippen molar-refractivity contribution in [1.82, 2.24) is 10.2 Å². The predicted molar refractivity (Wildman–Crippen MR) is 75.7 cm³/mol. The number of carbonyl (C=O) groups is 1. The lowest BCUT2D eigenvalue weighted by Gasteiger charge is -2.29. The maximum atomic E-state index is 11.8. The Bertz CT molecular complexity index is 244. The zero-order chi connectivity index (χ0) is 14.2. The second-order valence-corrected chi connectivity index (χ2v) is 5.59. The summed E-state index contributed by atoms with van der Waals surface area (Å²) in [4.78, 5) is 14.1. The largest absolute Gasteiger partial charge is 0.468 e. The van der Waals surface area contributed by atoms with Crippen LogP contribution in [-0.4, -0.2) is 50.2 Å². The summed E-state index contributed by atoms with van der Waals surface area (Å²) >= 11 is 0. The van der Waals surface area contributed by atoms with Crippen molar-refractivity contribution in [3.8, 4) is 0 Å². The maximum Gasteiger partial charge on any atom is 0.325 e. The fraction of sp³-hybridized carbons (Fsp3) is 0.929. The van der Waals surface area contributed by atoms with Gasteiger partial charge < -0.3 is 15.0 Å². The number of rotatable bonds is 9. The van der Waals surface area contributed by atoms with Crippen molar-refractivity contribution < 1.29 is 9.53 Å². The lowest BCUT2D eigenvalue weighted by molar-refractivity contribution is -0.148. The van der Waals surface area contributed by atoms with Gasteiger partial charge in [-0.1, -0.05) is 20.8 Å². The van der Waals surface area contributed by atoms with Crippen LogP contribution in [-0.2, 0) is 9.53 Å². The molecule has 0 aliphatic heterocycles. The summed E-state index contributed by atoms with van der Waals surface area (Å²) < 4.78 is 4.88. The topological polar surface area (TPSA) is 41.6 Å². The molecule has 0 amide bonds. The van der Waals surface area contributed by atoms with E-state index in [2.05, 4.69) is 31.1 Å². The number of methoxy groups -OCH3 is 1. The normalized spacial score (nSPS) is 14.9. The molecule has 0 aliphatic rings. The molecule has 0 rings (SSSR count). The highest BCUT2D eigenvalue weighted by molar-refractivity contribution is 5.80. The molecule has 108 valence electrons. The third-order valence-electron chi connectivity index (χ3n) is 3.28. The maximum absolute atomic E-state index is 11.8. The molecule has 0 fully saturated rings. The van der Waals surface area contributed by atoms with E-state index >= 15 is 0 Å². The highest BCUT2D eigenvalue weighted by Crippen LogP contribution is 2.13. The molecule has 1 unspecified atom stereocenters. The molecule has 0 aromatic carbocycles. The number of esters is 1. The first kappa shape index (κ1) is 17.4. The summed E-state index contributed by atoms with van der Waals surface area (Å²) in [6, 6.07) is 0. The Balaban J connectivity index is 4.22. The Kier molecular flexibility index (Phi) is 8.20. The quantitative estimate of drug-likeness (QED) is 0.641. The van der Waals surface area contributed by atoms with Crippen LogP contribution in [0.3, 0.4) is 0 Å². The molecule has 0 aliphatic carbocycles. The molecule has 0 aromatic heterocycles. The van der Waals surface area contributed by atoms with E-state index in [0.717, 1.165) is 26.1 Å². The number of ether oxygens (including phenoxy) is 1. The Labute approximate surface area is 112 Å². The molecular weight excluding hydrogens is 228 g/mol. The van der Waals surface area contributed by atoms with Gasteiger partial charge in [0.15, 0.2) is 0 Å². The second kappa shape index (κ2) is 8.48. The van der Waals surface area contributed by atoms with Crippen LogP contribution in [0.1, 0.15) is 40.5 Å². The smallest absolute Gasteiger partial charge is 0.325 e. The molecular formula is C14H30N2O2. The SMILES string of the molecule is CCNC(C)(CCN(C)CCC(C)C)C(=O)OC. The highest BCUT2D eigenvalue weighted by atomic mass is 16.5. The number of nitrogens with zero attached hydrogens (tertiary/aromatic N) is 1. The molecule has 4 nitrogen and oxygen atoms in total. The van der Waals surface area contributed by atoms with Crippen molar-refractivity contribution in [2.45, 2.75) is 46.1 Å². The first-order valence-electron chi connectivity index (χ1n) is 6.87. The zero-order valence-electron chi connectivity index (χ0n) is 12.9. The monoisotopic (exact) mass is 258 g/mol. The van der Waals surface area contributed by atoms with Gasteiger partial charge in [-0.2, -0.15) is 0 Å². The van der Waals surface area contributed by atoms with E-state index in [1.807, 2.05) is 13.8 Å². The molecule has 0 saturated carbocycles. The van der Waals surface area contributed by atoms with E-state index in [4.69, 9.17) is 4.74 Å². The van der Waals surface area contributed by atoms with Crippen molar-refractivity contribution in [2.24, 2.45) is 5.92 Å². The summed E-state index contributed by atoms with van der Waals surface area (Å²) in [7, 11) is 3.55. The van der Waals surface area contributed by atoms with Gasteiger partial charge in [0.1, 0.15) is 5.54 Å². The lowest BCUT2D eigenvalue weighted by Crippen LogP contribution is -2.51. The van der Waals surface area contributed by atoms with Crippen LogP contribution in [0.4, 0.5) is 0 Å². The molecule has 0 aromatic rings. The van der Waals surface area contributed by atoms with Gasteiger partial charge in [0.25, 0.3) is 0 Å². The molecule has 4 heteroatoms. The molecule has 18 heavy (non-hydrogen) atoms. The van der Waals surface area contributed by atoms with Crippen molar-refractivity contribution in [3.05, 3.63) is 0 Å². The molecule has 0 spiro atoms. The van der Waals surface area contributed by atoms with E-state index in [9.17, 15) is 4.79 Å². The summed E-state index contributed by atoms with van der Waals surface area (Å²) in [5.41, 5.74) is -0.574. The first-order chi connectivity index (χ1) is 8.35. The Hall–Kier alpha value is -0.610. The van der Waals surface area contributed by atoms with E-state index in [-0.39, 0.29) is 5.97 Å². The van der Waals surface area contributed by atoms with Crippen LogP contribution in [0.5, 0.6) is 0 Å². The fourth-order valence-corrected chi connectivity index (χ4v) is 1.88. The van der Waals surface area contributed by atoms with Gasteiger partial charge in [-0.3, -0.25) is 4.79 Å². The molecule has 0 saturated heterocycles. The predicted octanol–water partition coefficient (Wildman–Crippen LogP) is 1.90. The molecule has 1 atom stereocenters. The number of hydrogen-bond acceptors (Lipinski definition) is 4. The van der Waals surface area contributed by atoms with Gasteiger partial charge >= 0.3 is 5.97 Å². The van der Waals surface area contributed by atoms with Gasteiger partial charge in [-0.25, -0.2) is 0 Å². The van der Waals surface area contributed by atoms with Gasteiger partial charge in [-0.15, -0.1) is 0 Å². The minimum atomic E-state index is -0.574. The van der Waals surface area contributed by atoms with E-state index < -0.39 is 5.54 Å². The number of nitrogens with one attached hydrogen (secondary N) is 1. The number of hydrogen-bond donors (Lipinski definition) is 1. The third-order valence-corrected chi connectivity index (χ3v) is 3.28. The lowest BCUT2D eigenvalue weighted by atomic mass is 9.97. The minimum absolute atomic E-state index is 0.179. The average Bonchev–Trinajstić information content (AvgIpc) is 2.33. The Morgan fingerprint density at radius 1 is 1.39 bits per heavy atom. The van der Waals surface area contributed by atoms with Crippen LogP contribution < -0.4 is 5.32 Å². The van der Waals surface area contributed by atoms with E-state index in [0.29, 0.717) is 5.92 Å². The molecule has 0 bridgehead atoms. The fourth-order valence-electron chi connectivity index (χ4n) is 1.88. The van der Waals surface area contributed by atoms with Gasteiger partial charge in [0.05, 0.1) is 7.11 Å². The number of likely N-dealkylation sites (N-methyl/N-ethyl adjacent to an activating group) is 1. The van der Waals surface area contributed by atoms with Crippen LogP contribution in [0.2, 0.25) is 0 Å². The van der Waals surface area contributed by atoms with Crippen molar-refractivity contribution in [1.29, 1.82) is 0 Å². The van der Waals surface area contributed by atoms with Gasteiger partial charge in [0, 0.05) is 6.54 Å². The first-order valence-corrected chi connectivity index (χ1v) is 6.87. The van der Waals surface area contributed by atoms with Crippen LogP contribution >= 0.6 is 0 Å². The van der Waals surface area contributed by atoms with Gasteiger partial charge in [-0.05, 0) is 45.8 Å². The highest BCUT2D eigenvalue weighted by Gasteiger charge is 2.33. The van der Waals surface area contributed by atoms with Gasteiger partial charge in [0.2, 0.25) is 0 Å². The molecule has 0 radical (unpaired) electrons. The summed E-state index contributed by atoms with van der Waals surface area (Å²) in [6.45, 7) is 11.1. The average molecular weight is 258 g/mol. The standard InChI is InChI=1S/C14H30N2O2/c1-7-15-14(4,13(17)18-6)9-11-16(5)10-8-12(2)3/h12,15H,7-11H2,1-6H3. The summed E-state index contributed by atoms with van der Waals surface area (Å²) in [6.07, 6.45) is 1.95. The van der Waals surface area contributed by atoms with Crippen LogP contribution in [0.15, 0.2) is 0 Å². The minimum Gasteiger partial charge on any atom is -0.468 e. The second-order valence-electron chi connectivity index (χ2n) is 5.59. The van der Waals surface area contributed by atoms with Crippen molar-refractivity contribution >= 4 is 5.97 Å².